The number of sulfonamides is 1. The van der Waals surface area contributed by atoms with Crippen molar-refractivity contribution in [1.82, 2.24) is 4.31 Å². The lowest BCUT2D eigenvalue weighted by molar-refractivity contribution is 0.171. The Hall–Kier alpha value is -1.27. The van der Waals surface area contributed by atoms with Crippen LogP contribution in [-0.4, -0.2) is 39.0 Å². The molecule has 2 aliphatic rings. The first kappa shape index (κ1) is 11.8. The second kappa shape index (κ2) is 4.44. The molecule has 2 heterocycles. The molecule has 6 heteroatoms. The van der Waals surface area contributed by atoms with E-state index in [1.165, 1.54) is 4.31 Å². The monoisotopic (exact) mass is 269 g/mol. The number of fused-ring (bicyclic) bond motifs is 1. The molecular formula is C12H15NO4S. The minimum Gasteiger partial charge on any atom is -0.486 e. The highest BCUT2D eigenvalue weighted by atomic mass is 32.2. The van der Waals surface area contributed by atoms with E-state index in [0.29, 0.717) is 37.8 Å². The molecule has 2 aliphatic heterocycles. The zero-order valence-corrected chi connectivity index (χ0v) is 10.8. The molecule has 98 valence electrons. The molecule has 1 aromatic carbocycles. The molecule has 0 aromatic heterocycles. The Kier molecular flexibility index (Phi) is 2.91. The average Bonchev–Trinajstić information content (AvgIpc) is 2.92. The van der Waals surface area contributed by atoms with E-state index in [1.807, 2.05) is 0 Å². The van der Waals surface area contributed by atoms with Crippen LogP contribution in [0.15, 0.2) is 23.1 Å². The van der Waals surface area contributed by atoms with Crippen molar-refractivity contribution in [2.24, 2.45) is 0 Å². The number of nitrogens with zero attached hydrogens (tertiary/aromatic N) is 1. The standard InChI is InChI=1S/C12H15NO4S/c14-18(15,13-5-1-2-6-13)10-3-4-11-12(9-10)17-8-7-16-11/h3-4,9H,1-2,5-8H2. The summed E-state index contributed by atoms with van der Waals surface area (Å²) in [4.78, 5) is 0.286. The molecule has 0 atom stereocenters. The van der Waals surface area contributed by atoms with E-state index in [-0.39, 0.29) is 4.90 Å². The molecule has 0 amide bonds. The second-order valence-corrected chi connectivity index (χ2v) is 6.35. The van der Waals surface area contributed by atoms with E-state index in [2.05, 4.69) is 0 Å². The first-order valence-corrected chi connectivity index (χ1v) is 7.52. The number of rotatable bonds is 2. The Bertz CT molecular complexity index is 549. The van der Waals surface area contributed by atoms with Crippen LogP contribution in [0, 0.1) is 0 Å². The van der Waals surface area contributed by atoms with Crippen LogP contribution in [0.5, 0.6) is 11.5 Å². The molecule has 5 nitrogen and oxygen atoms in total. The van der Waals surface area contributed by atoms with Gasteiger partial charge in [-0.3, -0.25) is 0 Å². The number of hydrogen-bond acceptors (Lipinski definition) is 4. The van der Waals surface area contributed by atoms with Gasteiger partial charge in [-0.2, -0.15) is 4.31 Å². The van der Waals surface area contributed by atoms with Gasteiger partial charge in [0.2, 0.25) is 10.0 Å². The Labute approximate surface area is 106 Å². The van der Waals surface area contributed by atoms with Gasteiger partial charge in [0.25, 0.3) is 0 Å². The molecule has 0 radical (unpaired) electrons. The predicted molar refractivity (Wildman–Crippen MR) is 65.4 cm³/mol. The maximum absolute atomic E-state index is 12.3. The fourth-order valence-electron chi connectivity index (χ4n) is 2.26. The smallest absolute Gasteiger partial charge is 0.243 e. The van der Waals surface area contributed by atoms with Gasteiger partial charge in [-0.1, -0.05) is 0 Å². The van der Waals surface area contributed by atoms with Crippen LogP contribution in [0.3, 0.4) is 0 Å². The van der Waals surface area contributed by atoms with Gasteiger partial charge in [-0.25, -0.2) is 8.42 Å². The van der Waals surface area contributed by atoms with Crippen molar-refractivity contribution in [2.45, 2.75) is 17.7 Å². The largest absolute Gasteiger partial charge is 0.486 e. The Morgan fingerprint density at radius 2 is 1.67 bits per heavy atom. The summed E-state index contributed by atoms with van der Waals surface area (Å²) in [5.74, 6) is 1.13. The summed E-state index contributed by atoms with van der Waals surface area (Å²) in [5.41, 5.74) is 0. The second-order valence-electron chi connectivity index (χ2n) is 4.42. The van der Waals surface area contributed by atoms with Gasteiger partial charge in [0.15, 0.2) is 11.5 Å². The maximum Gasteiger partial charge on any atom is 0.243 e. The van der Waals surface area contributed by atoms with Crippen LogP contribution in [0.25, 0.3) is 0 Å². The van der Waals surface area contributed by atoms with E-state index in [1.54, 1.807) is 18.2 Å². The lowest BCUT2D eigenvalue weighted by Gasteiger charge is -2.20. The van der Waals surface area contributed by atoms with Crippen LogP contribution in [0.2, 0.25) is 0 Å². The van der Waals surface area contributed by atoms with Crippen LogP contribution in [0.1, 0.15) is 12.8 Å². The van der Waals surface area contributed by atoms with Crippen LogP contribution in [0.4, 0.5) is 0 Å². The molecular weight excluding hydrogens is 254 g/mol. The zero-order valence-electron chi connectivity index (χ0n) is 9.96. The minimum atomic E-state index is -3.37. The Morgan fingerprint density at radius 1 is 1.00 bits per heavy atom. The van der Waals surface area contributed by atoms with Crippen molar-refractivity contribution in [3.05, 3.63) is 18.2 Å². The van der Waals surface area contributed by atoms with Crippen molar-refractivity contribution >= 4 is 10.0 Å². The van der Waals surface area contributed by atoms with E-state index in [9.17, 15) is 8.42 Å². The fraction of sp³-hybridized carbons (Fsp3) is 0.500. The summed E-state index contributed by atoms with van der Waals surface area (Å²) in [5, 5.41) is 0. The average molecular weight is 269 g/mol. The Morgan fingerprint density at radius 3 is 2.39 bits per heavy atom. The van der Waals surface area contributed by atoms with Crippen LogP contribution in [-0.2, 0) is 10.0 Å². The van der Waals surface area contributed by atoms with Crippen molar-refractivity contribution in [3.63, 3.8) is 0 Å². The SMILES string of the molecule is O=S(=O)(c1ccc2c(c1)OCCO2)N1CCCC1. The van der Waals surface area contributed by atoms with Gasteiger partial charge < -0.3 is 9.47 Å². The fourth-order valence-corrected chi connectivity index (χ4v) is 3.79. The highest BCUT2D eigenvalue weighted by Gasteiger charge is 2.28. The van der Waals surface area contributed by atoms with Crippen molar-refractivity contribution in [2.75, 3.05) is 26.3 Å². The summed E-state index contributed by atoms with van der Waals surface area (Å²) in [6.07, 6.45) is 1.87. The molecule has 0 saturated carbocycles. The van der Waals surface area contributed by atoms with Gasteiger partial charge in [0, 0.05) is 19.2 Å². The quantitative estimate of drug-likeness (QED) is 0.810. The molecule has 0 spiro atoms. The van der Waals surface area contributed by atoms with Gasteiger partial charge in [-0.05, 0) is 25.0 Å². The first-order chi connectivity index (χ1) is 8.68. The Balaban J connectivity index is 1.96. The third-order valence-electron chi connectivity index (χ3n) is 3.22. The topological polar surface area (TPSA) is 55.8 Å². The number of hydrogen-bond donors (Lipinski definition) is 0. The van der Waals surface area contributed by atoms with Crippen LogP contribution < -0.4 is 9.47 Å². The molecule has 18 heavy (non-hydrogen) atoms. The normalized spacial score (nSPS) is 20.0. The van der Waals surface area contributed by atoms with Gasteiger partial charge in [-0.15, -0.1) is 0 Å². The molecule has 3 rings (SSSR count). The van der Waals surface area contributed by atoms with Crippen molar-refractivity contribution in [3.8, 4) is 11.5 Å². The summed E-state index contributed by atoms with van der Waals surface area (Å²) >= 11 is 0. The molecule has 0 bridgehead atoms. The molecule has 0 unspecified atom stereocenters. The maximum atomic E-state index is 12.3. The summed E-state index contributed by atoms with van der Waals surface area (Å²) < 4.78 is 37.0. The van der Waals surface area contributed by atoms with E-state index in [0.717, 1.165) is 12.8 Å². The lowest BCUT2D eigenvalue weighted by atomic mass is 10.3. The predicted octanol–water partition coefficient (Wildman–Crippen LogP) is 1.24. The molecule has 0 aliphatic carbocycles. The van der Waals surface area contributed by atoms with Crippen molar-refractivity contribution in [1.29, 1.82) is 0 Å². The number of benzene rings is 1. The van der Waals surface area contributed by atoms with Gasteiger partial charge in [0.1, 0.15) is 13.2 Å². The zero-order chi connectivity index (χ0) is 12.6. The van der Waals surface area contributed by atoms with E-state index < -0.39 is 10.0 Å². The summed E-state index contributed by atoms with van der Waals surface area (Å²) in [6, 6.07) is 4.81. The highest BCUT2D eigenvalue weighted by Crippen LogP contribution is 2.33. The van der Waals surface area contributed by atoms with Gasteiger partial charge >= 0.3 is 0 Å². The molecule has 1 fully saturated rings. The summed E-state index contributed by atoms with van der Waals surface area (Å²) in [7, 11) is -3.37. The highest BCUT2D eigenvalue weighted by molar-refractivity contribution is 7.89. The third kappa shape index (κ3) is 1.95. The first-order valence-electron chi connectivity index (χ1n) is 6.08. The molecule has 1 aromatic rings. The summed E-state index contributed by atoms with van der Waals surface area (Å²) in [6.45, 7) is 2.18. The third-order valence-corrected chi connectivity index (χ3v) is 5.11. The van der Waals surface area contributed by atoms with E-state index in [4.69, 9.17) is 9.47 Å². The van der Waals surface area contributed by atoms with E-state index >= 15 is 0 Å². The van der Waals surface area contributed by atoms with Crippen molar-refractivity contribution < 1.29 is 17.9 Å². The lowest BCUT2D eigenvalue weighted by Crippen LogP contribution is -2.28. The minimum absolute atomic E-state index is 0.286. The molecule has 1 saturated heterocycles. The molecule has 0 N–H and O–H groups in total. The number of ether oxygens (including phenoxy) is 2. The van der Waals surface area contributed by atoms with Crippen LogP contribution >= 0.6 is 0 Å². The van der Waals surface area contributed by atoms with Gasteiger partial charge in [0.05, 0.1) is 4.90 Å².